The van der Waals surface area contributed by atoms with Crippen molar-refractivity contribution in [3.05, 3.63) is 23.5 Å². The smallest absolute Gasteiger partial charge is 0.244 e. The maximum Gasteiger partial charge on any atom is 0.244 e. The number of hydrogen-bond acceptors (Lipinski definition) is 3. The van der Waals surface area contributed by atoms with Crippen LogP contribution in [0.1, 0.15) is 43.5 Å². The molecule has 0 radical (unpaired) electrons. The molecule has 0 aromatic carbocycles. The van der Waals surface area contributed by atoms with E-state index in [1.165, 1.54) is 0 Å². The van der Waals surface area contributed by atoms with Gasteiger partial charge in [-0.1, -0.05) is 19.3 Å². The summed E-state index contributed by atoms with van der Waals surface area (Å²) in [5, 5.41) is 12.3. The first-order valence-electron chi connectivity index (χ1n) is 6.74. The molecule has 1 amide bonds. The van der Waals surface area contributed by atoms with Gasteiger partial charge >= 0.3 is 0 Å². The first kappa shape index (κ1) is 13.5. The molecule has 4 nitrogen and oxygen atoms in total. The minimum Gasteiger partial charge on any atom is -0.323 e. The predicted molar refractivity (Wildman–Crippen MR) is 73.5 cm³/mol. The third-order valence-electron chi connectivity index (χ3n) is 3.83. The molecule has 1 aliphatic rings. The van der Waals surface area contributed by atoms with Crippen LogP contribution in [-0.4, -0.2) is 10.9 Å². The van der Waals surface area contributed by atoms with Gasteiger partial charge < -0.3 is 5.32 Å². The molecule has 1 fully saturated rings. The lowest BCUT2D eigenvalue weighted by molar-refractivity contribution is -0.124. The molecule has 0 unspecified atom stereocenters. The molecule has 100 valence electrons. The summed E-state index contributed by atoms with van der Waals surface area (Å²) < 4.78 is 0. The number of nitriles is 1. The van der Waals surface area contributed by atoms with Crippen LogP contribution in [0, 0.1) is 30.6 Å². The molecule has 1 heterocycles. The van der Waals surface area contributed by atoms with Crippen molar-refractivity contribution in [1.82, 2.24) is 4.98 Å². The zero-order valence-corrected chi connectivity index (χ0v) is 11.5. The summed E-state index contributed by atoms with van der Waals surface area (Å²) in [7, 11) is 0. The van der Waals surface area contributed by atoms with Gasteiger partial charge in [0.15, 0.2) is 0 Å². The maximum absolute atomic E-state index is 12.4. The summed E-state index contributed by atoms with van der Waals surface area (Å²) in [6.07, 6.45) is 4.33. The maximum atomic E-state index is 12.4. The Labute approximate surface area is 113 Å². The molecular weight excluding hydrogens is 238 g/mol. The zero-order valence-electron chi connectivity index (χ0n) is 11.5. The van der Waals surface area contributed by atoms with E-state index in [0.717, 1.165) is 30.7 Å². The van der Waals surface area contributed by atoms with Gasteiger partial charge in [-0.3, -0.25) is 9.78 Å². The summed E-state index contributed by atoms with van der Waals surface area (Å²) in [4.78, 5) is 16.7. The van der Waals surface area contributed by atoms with Crippen LogP contribution >= 0.6 is 0 Å². The fraction of sp³-hybridized carbons (Fsp3) is 0.533. The van der Waals surface area contributed by atoms with E-state index in [9.17, 15) is 10.1 Å². The number of nitrogens with zero attached hydrogens (tertiary/aromatic N) is 2. The number of hydrogen-bond donors (Lipinski definition) is 1. The summed E-state index contributed by atoms with van der Waals surface area (Å²) in [6, 6.07) is 5.95. The topological polar surface area (TPSA) is 65.8 Å². The molecule has 4 heteroatoms. The predicted octanol–water partition coefficient (Wildman–Crippen LogP) is 3.11. The van der Waals surface area contributed by atoms with Gasteiger partial charge in [-0.05, 0) is 38.8 Å². The first-order valence-corrected chi connectivity index (χ1v) is 6.74. The number of nitrogens with one attached hydrogen (secondary N) is 1. The molecule has 1 aromatic rings. The van der Waals surface area contributed by atoms with Crippen molar-refractivity contribution in [2.75, 3.05) is 5.32 Å². The summed E-state index contributed by atoms with van der Waals surface area (Å²) >= 11 is 0. The summed E-state index contributed by atoms with van der Waals surface area (Å²) in [5.41, 5.74) is 1.56. The summed E-state index contributed by atoms with van der Waals surface area (Å²) in [6.45, 7) is 3.78. The quantitative estimate of drug-likeness (QED) is 0.885. The Bertz CT molecular complexity index is 525. The lowest BCUT2D eigenvalue weighted by Crippen LogP contribution is -2.37. The highest BCUT2D eigenvalue weighted by Gasteiger charge is 2.39. The van der Waals surface area contributed by atoms with Crippen LogP contribution in [-0.2, 0) is 4.79 Å². The molecule has 2 rings (SSSR count). The lowest BCUT2D eigenvalue weighted by Gasteiger charge is -2.29. The molecule has 1 aromatic heterocycles. The van der Waals surface area contributed by atoms with Gasteiger partial charge in [0.2, 0.25) is 5.91 Å². The number of pyridine rings is 1. The number of amides is 1. The average Bonchev–Trinajstić information content (AvgIpc) is 2.42. The summed E-state index contributed by atoms with van der Waals surface area (Å²) in [5.74, 6) is -0.177. The number of aromatic nitrogens is 1. The number of aryl methyl sites for hydroxylation is 2. The Morgan fingerprint density at radius 1 is 1.32 bits per heavy atom. The van der Waals surface area contributed by atoms with E-state index in [1.54, 1.807) is 0 Å². The minimum atomic E-state index is -0.852. The van der Waals surface area contributed by atoms with Crippen molar-refractivity contribution in [3.8, 4) is 6.07 Å². The van der Waals surface area contributed by atoms with Gasteiger partial charge in [-0.2, -0.15) is 5.26 Å². The van der Waals surface area contributed by atoms with Crippen molar-refractivity contribution in [1.29, 1.82) is 5.26 Å². The van der Waals surface area contributed by atoms with Crippen molar-refractivity contribution in [3.63, 3.8) is 0 Å². The molecule has 0 atom stereocenters. The van der Waals surface area contributed by atoms with Gasteiger partial charge in [0.25, 0.3) is 0 Å². The Balaban J connectivity index is 2.18. The van der Waals surface area contributed by atoms with Crippen molar-refractivity contribution in [2.45, 2.75) is 46.0 Å². The molecule has 19 heavy (non-hydrogen) atoms. The van der Waals surface area contributed by atoms with Crippen LogP contribution in [0.15, 0.2) is 12.1 Å². The molecule has 0 aliphatic heterocycles. The van der Waals surface area contributed by atoms with Crippen molar-refractivity contribution < 1.29 is 4.79 Å². The number of carbonyl (C=O) groups is 1. The number of rotatable bonds is 2. The fourth-order valence-electron chi connectivity index (χ4n) is 2.61. The lowest BCUT2D eigenvalue weighted by atomic mass is 9.74. The Hall–Kier alpha value is -1.89. The third kappa shape index (κ3) is 2.76. The van der Waals surface area contributed by atoms with Crippen LogP contribution < -0.4 is 5.32 Å². The molecule has 1 saturated carbocycles. The second-order valence-corrected chi connectivity index (χ2v) is 5.29. The Morgan fingerprint density at radius 3 is 2.58 bits per heavy atom. The highest BCUT2D eigenvalue weighted by atomic mass is 16.2. The highest BCUT2D eigenvalue weighted by molar-refractivity contribution is 5.97. The van der Waals surface area contributed by atoms with E-state index in [1.807, 2.05) is 26.0 Å². The van der Waals surface area contributed by atoms with Gasteiger partial charge in [-0.15, -0.1) is 0 Å². The monoisotopic (exact) mass is 257 g/mol. The third-order valence-corrected chi connectivity index (χ3v) is 3.83. The van der Waals surface area contributed by atoms with Gasteiger partial charge in [0, 0.05) is 5.69 Å². The van der Waals surface area contributed by atoms with E-state index in [0.29, 0.717) is 18.5 Å². The van der Waals surface area contributed by atoms with E-state index in [4.69, 9.17) is 0 Å². The molecule has 1 aliphatic carbocycles. The van der Waals surface area contributed by atoms with Crippen LogP contribution in [0.3, 0.4) is 0 Å². The van der Waals surface area contributed by atoms with Gasteiger partial charge in [0.05, 0.1) is 17.5 Å². The average molecular weight is 257 g/mol. The second kappa shape index (κ2) is 5.40. The molecular formula is C15H19N3O. The SMILES string of the molecule is Cc1ccc(NC(=O)C2(C#N)CCCCC2)c(C)n1. The van der Waals surface area contributed by atoms with E-state index >= 15 is 0 Å². The van der Waals surface area contributed by atoms with Crippen LogP contribution in [0.2, 0.25) is 0 Å². The second-order valence-electron chi connectivity index (χ2n) is 5.29. The largest absolute Gasteiger partial charge is 0.323 e. The first-order chi connectivity index (χ1) is 9.07. The zero-order chi connectivity index (χ0) is 13.9. The van der Waals surface area contributed by atoms with E-state index in [-0.39, 0.29) is 5.91 Å². The Kier molecular flexibility index (Phi) is 3.84. The highest BCUT2D eigenvalue weighted by Crippen LogP contribution is 2.36. The van der Waals surface area contributed by atoms with Gasteiger partial charge in [0.1, 0.15) is 5.41 Å². The normalized spacial score (nSPS) is 17.5. The van der Waals surface area contributed by atoms with Crippen molar-refractivity contribution in [2.24, 2.45) is 5.41 Å². The van der Waals surface area contributed by atoms with Crippen LogP contribution in [0.5, 0.6) is 0 Å². The van der Waals surface area contributed by atoms with Crippen molar-refractivity contribution >= 4 is 11.6 Å². The fourth-order valence-corrected chi connectivity index (χ4v) is 2.61. The molecule has 0 bridgehead atoms. The minimum absolute atomic E-state index is 0.177. The standard InChI is InChI=1S/C15H19N3O/c1-11-6-7-13(12(2)17-11)18-14(19)15(10-16)8-4-3-5-9-15/h6-7H,3-5,8-9H2,1-2H3,(H,18,19). The van der Waals surface area contributed by atoms with E-state index in [2.05, 4.69) is 16.4 Å². The number of anilines is 1. The number of carbonyl (C=O) groups excluding carboxylic acids is 1. The van der Waals surface area contributed by atoms with Crippen LogP contribution in [0.25, 0.3) is 0 Å². The van der Waals surface area contributed by atoms with Crippen LogP contribution in [0.4, 0.5) is 5.69 Å². The molecule has 1 N–H and O–H groups in total. The molecule has 0 spiro atoms. The molecule has 0 saturated heterocycles. The van der Waals surface area contributed by atoms with Gasteiger partial charge in [-0.25, -0.2) is 0 Å². The van der Waals surface area contributed by atoms with E-state index < -0.39 is 5.41 Å². The Morgan fingerprint density at radius 2 is 2.00 bits per heavy atom.